The van der Waals surface area contributed by atoms with Crippen molar-refractivity contribution in [3.63, 3.8) is 0 Å². The monoisotopic (exact) mass is 376 g/mol. The van der Waals surface area contributed by atoms with Gasteiger partial charge in [-0.15, -0.1) is 12.4 Å². The van der Waals surface area contributed by atoms with Crippen LogP contribution in [0.3, 0.4) is 0 Å². The van der Waals surface area contributed by atoms with E-state index in [0.29, 0.717) is 18.1 Å². The van der Waals surface area contributed by atoms with Crippen LogP contribution in [0.25, 0.3) is 10.2 Å². The number of hydrogen-bond acceptors (Lipinski definition) is 6. The second kappa shape index (κ2) is 7.74. The zero-order valence-corrected chi connectivity index (χ0v) is 15.0. The molecule has 6 nitrogen and oxygen atoms in total. The zero-order chi connectivity index (χ0) is 15.7. The van der Waals surface area contributed by atoms with Crippen molar-refractivity contribution in [3.8, 4) is 0 Å². The van der Waals surface area contributed by atoms with Crippen LogP contribution in [0.2, 0.25) is 5.02 Å². The lowest BCUT2D eigenvalue weighted by Crippen LogP contribution is -2.53. The van der Waals surface area contributed by atoms with Gasteiger partial charge in [0.15, 0.2) is 6.29 Å². The minimum atomic E-state index is -0.585. The standard InChI is InChI=1S/C14H17ClN4O2S.ClH/c1-16-18-6-4-17(5-7-18)13(9-20)19-11-8-10(15)2-3-12(11)22-14(19)21;/h2-3,8-9,13,16H,4-7H2,1H3;1H. The molecule has 1 aromatic carbocycles. The first kappa shape index (κ1) is 18.4. The van der Waals surface area contributed by atoms with Gasteiger partial charge >= 0.3 is 4.87 Å². The molecule has 3 rings (SSSR count). The van der Waals surface area contributed by atoms with E-state index in [4.69, 9.17) is 11.6 Å². The van der Waals surface area contributed by atoms with Crippen molar-refractivity contribution in [2.45, 2.75) is 6.17 Å². The van der Waals surface area contributed by atoms with Gasteiger partial charge in [-0.3, -0.25) is 24.5 Å². The van der Waals surface area contributed by atoms with Gasteiger partial charge in [-0.2, -0.15) is 0 Å². The number of hydrazine groups is 1. The zero-order valence-electron chi connectivity index (χ0n) is 12.6. The minimum absolute atomic E-state index is 0. The molecule has 0 amide bonds. The van der Waals surface area contributed by atoms with Gasteiger partial charge in [-0.25, -0.2) is 5.01 Å². The predicted octanol–water partition coefficient (Wildman–Crippen LogP) is 1.59. The molecule has 1 fully saturated rings. The summed E-state index contributed by atoms with van der Waals surface area (Å²) in [5, 5.41) is 2.65. The molecule has 0 aliphatic carbocycles. The van der Waals surface area contributed by atoms with Crippen LogP contribution in [0, 0.1) is 0 Å². The van der Waals surface area contributed by atoms with Crippen molar-refractivity contribution >= 4 is 51.8 Å². The lowest BCUT2D eigenvalue weighted by molar-refractivity contribution is -0.116. The highest BCUT2D eigenvalue weighted by molar-refractivity contribution is 7.16. The number of halogens is 2. The van der Waals surface area contributed by atoms with Crippen molar-refractivity contribution in [2.75, 3.05) is 33.2 Å². The number of fused-ring (bicyclic) bond motifs is 1. The average molecular weight is 377 g/mol. The van der Waals surface area contributed by atoms with Gasteiger partial charge in [-0.05, 0) is 25.2 Å². The van der Waals surface area contributed by atoms with E-state index in [-0.39, 0.29) is 17.3 Å². The average Bonchev–Trinajstić information content (AvgIpc) is 2.85. The first-order chi connectivity index (χ1) is 10.6. The maximum atomic E-state index is 12.3. The largest absolute Gasteiger partial charge is 0.309 e. The molecule has 2 heterocycles. The van der Waals surface area contributed by atoms with Crippen LogP contribution in [-0.2, 0) is 4.79 Å². The van der Waals surface area contributed by atoms with Crippen molar-refractivity contribution in [2.24, 2.45) is 0 Å². The quantitative estimate of drug-likeness (QED) is 0.821. The van der Waals surface area contributed by atoms with Crippen molar-refractivity contribution in [1.29, 1.82) is 0 Å². The second-order valence-corrected chi connectivity index (χ2v) is 6.58. The van der Waals surface area contributed by atoms with Crippen LogP contribution in [-0.4, -0.2) is 54.0 Å². The summed E-state index contributed by atoms with van der Waals surface area (Å²) in [6.45, 7) is 3.04. The van der Waals surface area contributed by atoms with Crippen molar-refractivity contribution in [3.05, 3.63) is 32.9 Å². The molecule has 1 aliphatic heterocycles. The van der Waals surface area contributed by atoms with Gasteiger partial charge in [0, 0.05) is 31.2 Å². The molecule has 1 atom stereocenters. The number of thiazole rings is 1. The maximum absolute atomic E-state index is 12.3. The van der Waals surface area contributed by atoms with E-state index in [1.165, 1.54) is 0 Å². The molecule has 1 unspecified atom stereocenters. The lowest BCUT2D eigenvalue weighted by atomic mass is 10.3. The van der Waals surface area contributed by atoms with Crippen LogP contribution < -0.4 is 10.3 Å². The molecular formula is C14H18Cl2N4O2S. The molecule has 9 heteroatoms. The number of nitrogens with zero attached hydrogens (tertiary/aromatic N) is 3. The summed E-state index contributed by atoms with van der Waals surface area (Å²) in [6.07, 6.45) is 0.252. The highest BCUT2D eigenvalue weighted by Crippen LogP contribution is 2.25. The fraction of sp³-hybridized carbons (Fsp3) is 0.429. The number of aromatic nitrogens is 1. The lowest BCUT2D eigenvalue weighted by Gasteiger charge is -2.37. The van der Waals surface area contributed by atoms with Gasteiger partial charge in [0.2, 0.25) is 0 Å². The van der Waals surface area contributed by atoms with E-state index in [1.807, 2.05) is 18.0 Å². The molecule has 0 spiro atoms. The third-order valence-electron chi connectivity index (χ3n) is 3.97. The molecule has 1 saturated heterocycles. The van der Waals surface area contributed by atoms with Crippen LogP contribution in [0.5, 0.6) is 0 Å². The van der Waals surface area contributed by atoms with Crippen molar-refractivity contribution < 1.29 is 4.79 Å². The van der Waals surface area contributed by atoms with Gasteiger partial charge < -0.3 is 0 Å². The van der Waals surface area contributed by atoms with Gasteiger partial charge in [-0.1, -0.05) is 22.9 Å². The second-order valence-electron chi connectivity index (χ2n) is 5.15. The van der Waals surface area contributed by atoms with E-state index < -0.39 is 6.17 Å². The third kappa shape index (κ3) is 3.60. The SMILES string of the molecule is CNN1CCN(C(C=O)n2c(=O)sc3ccc(Cl)cc32)CC1.Cl. The fourth-order valence-electron chi connectivity index (χ4n) is 2.78. The molecule has 1 aromatic heterocycles. The highest BCUT2D eigenvalue weighted by atomic mass is 35.5. The summed E-state index contributed by atoms with van der Waals surface area (Å²) in [5.74, 6) is 0. The summed E-state index contributed by atoms with van der Waals surface area (Å²) in [5.41, 5.74) is 3.82. The Kier molecular flexibility index (Phi) is 6.19. The first-order valence-electron chi connectivity index (χ1n) is 7.06. The Hall–Kier alpha value is -0.960. The molecule has 2 aromatic rings. The predicted molar refractivity (Wildman–Crippen MR) is 95.6 cm³/mol. The summed E-state index contributed by atoms with van der Waals surface area (Å²) in [6, 6.07) is 5.32. The van der Waals surface area contributed by atoms with Crippen LogP contribution in [0.4, 0.5) is 0 Å². The Morgan fingerprint density at radius 2 is 2.00 bits per heavy atom. The van der Waals surface area contributed by atoms with E-state index in [2.05, 4.69) is 10.4 Å². The van der Waals surface area contributed by atoms with Gasteiger partial charge in [0.1, 0.15) is 6.17 Å². The molecule has 126 valence electrons. The normalized spacial score (nSPS) is 17.8. The van der Waals surface area contributed by atoms with E-state index in [1.54, 1.807) is 16.7 Å². The van der Waals surface area contributed by atoms with Crippen molar-refractivity contribution in [1.82, 2.24) is 19.9 Å². The van der Waals surface area contributed by atoms with E-state index >= 15 is 0 Å². The number of nitrogens with one attached hydrogen (secondary N) is 1. The highest BCUT2D eigenvalue weighted by Gasteiger charge is 2.27. The smallest absolute Gasteiger partial charge is 0.299 e. The Labute approximate surface area is 149 Å². The van der Waals surface area contributed by atoms with Gasteiger partial charge in [0.05, 0.1) is 10.2 Å². The number of hydrogen-bond donors (Lipinski definition) is 1. The number of benzene rings is 1. The molecule has 23 heavy (non-hydrogen) atoms. The topological polar surface area (TPSA) is 57.6 Å². The Morgan fingerprint density at radius 1 is 1.30 bits per heavy atom. The first-order valence-corrected chi connectivity index (χ1v) is 8.26. The van der Waals surface area contributed by atoms with Crippen LogP contribution >= 0.6 is 35.3 Å². The maximum Gasteiger partial charge on any atom is 0.309 e. The summed E-state index contributed by atoms with van der Waals surface area (Å²) < 4.78 is 2.39. The van der Waals surface area contributed by atoms with E-state index in [0.717, 1.165) is 40.9 Å². The molecular weight excluding hydrogens is 359 g/mol. The molecule has 0 radical (unpaired) electrons. The molecule has 0 bridgehead atoms. The Balaban J connectivity index is 0.00000192. The summed E-state index contributed by atoms with van der Waals surface area (Å²) >= 11 is 7.18. The third-order valence-corrected chi connectivity index (χ3v) is 5.14. The summed E-state index contributed by atoms with van der Waals surface area (Å²) in [4.78, 5) is 25.9. The number of carbonyl (C=O) groups excluding carboxylic acids is 1. The number of aldehydes is 1. The van der Waals surface area contributed by atoms with Crippen LogP contribution in [0.15, 0.2) is 23.0 Å². The summed E-state index contributed by atoms with van der Waals surface area (Å²) in [7, 11) is 1.88. The van der Waals surface area contributed by atoms with E-state index in [9.17, 15) is 9.59 Å². The molecule has 0 saturated carbocycles. The number of rotatable bonds is 4. The minimum Gasteiger partial charge on any atom is -0.299 e. The molecule has 1 aliphatic rings. The number of carbonyl (C=O) groups is 1. The Morgan fingerprint density at radius 3 is 2.61 bits per heavy atom. The van der Waals surface area contributed by atoms with Crippen LogP contribution in [0.1, 0.15) is 6.17 Å². The fourth-order valence-corrected chi connectivity index (χ4v) is 3.83. The Bertz CT molecular complexity index is 740. The van der Waals surface area contributed by atoms with Gasteiger partial charge in [0.25, 0.3) is 0 Å². The number of piperazine rings is 1. The molecule has 1 N–H and O–H groups in total.